The van der Waals surface area contributed by atoms with Gasteiger partial charge in [0.25, 0.3) is 0 Å². The number of anilines is 1. The van der Waals surface area contributed by atoms with E-state index in [1.165, 1.54) is 25.2 Å². The van der Waals surface area contributed by atoms with Crippen molar-refractivity contribution < 1.29 is 29.3 Å². The van der Waals surface area contributed by atoms with E-state index >= 15 is 0 Å². The highest BCUT2D eigenvalue weighted by atomic mass is 16.5. The van der Waals surface area contributed by atoms with Crippen molar-refractivity contribution in [2.24, 2.45) is 0 Å². The van der Waals surface area contributed by atoms with Gasteiger partial charge in [0.2, 0.25) is 0 Å². The van der Waals surface area contributed by atoms with E-state index in [-0.39, 0.29) is 0 Å². The summed E-state index contributed by atoms with van der Waals surface area (Å²) < 4.78 is 10.1. The fourth-order valence-corrected chi connectivity index (χ4v) is 1.60. The summed E-state index contributed by atoms with van der Waals surface area (Å²) in [7, 11) is 2.88. The number of rotatable bonds is 7. The lowest BCUT2D eigenvalue weighted by Gasteiger charge is -2.23. The van der Waals surface area contributed by atoms with Crippen molar-refractivity contribution in [3.8, 4) is 11.5 Å². The van der Waals surface area contributed by atoms with Gasteiger partial charge in [0.1, 0.15) is 24.6 Å². The Labute approximate surface area is 110 Å². The Hall–Kier alpha value is -2.44. The zero-order valence-corrected chi connectivity index (χ0v) is 10.6. The summed E-state index contributed by atoms with van der Waals surface area (Å²) in [5, 5.41) is 17.7. The minimum atomic E-state index is -1.13. The van der Waals surface area contributed by atoms with Gasteiger partial charge >= 0.3 is 11.9 Å². The smallest absolute Gasteiger partial charge is 0.323 e. The lowest BCUT2D eigenvalue weighted by Crippen LogP contribution is -2.34. The summed E-state index contributed by atoms with van der Waals surface area (Å²) >= 11 is 0. The Balaban J connectivity index is 3.17. The van der Waals surface area contributed by atoms with E-state index in [0.717, 1.165) is 0 Å². The molecule has 0 aromatic heterocycles. The van der Waals surface area contributed by atoms with Crippen molar-refractivity contribution in [1.29, 1.82) is 0 Å². The average Bonchev–Trinajstić information content (AvgIpc) is 2.36. The molecule has 2 N–H and O–H groups in total. The lowest BCUT2D eigenvalue weighted by molar-refractivity contribution is -0.136. The van der Waals surface area contributed by atoms with Crippen LogP contribution in [-0.4, -0.2) is 49.5 Å². The van der Waals surface area contributed by atoms with Gasteiger partial charge in [0, 0.05) is 6.07 Å². The van der Waals surface area contributed by atoms with Crippen molar-refractivity contribution in [2.75, 3.05) is 32.2 Å². The van der Waals surface area contributed by atoms with E-state index < -0.39 is 25.0 Å². The summed E-state index contributed by atoms with van der Waals surface area (Å²) in [6, 6.07) is 4.76. The number of methoxy groups -OCH3 is 2. The normalized spacial score (nSPS) is 9.79. The molecule has 1 aromatic rings. The third-order valence-electron chi connectivity index (χ3n) is 2.38. The van der Waals surface area contributed by atoms with E-state index in [4.69, 9.17) is 19.7 Å². The molecule has 7 heteroatoms. The number of carboxylic acid groups (broad SMARTS) is 2. The summed E-state index contributed by atoms with van der Waals surface area (Å²) in [5.74, 6) is -1.41. The van der Waals surface area contributed by atoms with Crippen LogP contribution in [0.2, 0.25) is 0 Å². The van der Waals surface area contributed by atoms with Crippen molar-refractivity contribution in [3.05, 3.63) is 18.2 Å². The fraction of sp³-hybridized carbons (Fsp3) is 0.333. The van der Waals surface area contributed by atoms with Crippen LogP contribution in [0.4, 0.5) is 5.69 Å². The van der Waals surface area contributed by atoms with Crippen LogP contribution in [0.3, 0.4) is 0 Å². The topological polar surface area (TPSA) is 96.3 Å². The first-order valence-electron chi connectivity index (χ1n) is 5.38. The summed E-state index contributed by atoms with van der Waals surface area (Å²) in [4.78, 5) is 22.8. The first-order chi connectivity index (χ1) is 8.97. The Bertz CT molecular complexity index is 457. The number of nitrogens with zero attached hydrogens (tertiary/aromatic N) is 1. The van der Waals surface area contributed by atoms with Crippen LogP contribution in [0.15, 0.2) is 18.2 Å². The highest BCUT2D eigenvalue weighted by Crippen LogP contribution is 2.32. The number of hydrogen-bond acceptors (Lipinski definition) is 5. The first kappa shape index (κ1) is 14.6. The van der Waals surface area contributed by atoms with Gasteiger partial charge in [-0.3, -0.25) is 9.59 Å². The van der Waals surface area contributed by atoms with Crippen molar-refractivity contribution in [2.45, 2.75) is 0 Å². The SMILES string of the molecule is COc1ccc(OC)c(N(CC(=O)O)CC(=O)O)c1. The summed E-state index contributed by atoms with van der Waals surface area (Å²) in [6.07, 6.45) is 0. The standard InChI is InChI=1S/C12H15NO6/c1-18-8-3-4-10(19-2)9(5-8)13(6-11(14)15)7-12(16)17/h3-5H,6-7H2,1-2H3,(H,14,15)(H,16,17). The second kappa shape index (κ2) is 6.48. The molecule has 0 fully saturated rings. The Morgan fingerprint density at radius 2 is 1.68 bits per heavy atom. The molecule has 1 rings (SSSR count). The largest absolute Gasteiger partial charge is 0.497 e. The van der Waals surface area contributed by atoms with Crippen LogP contribution >= 0.6 is 0 Å². The number of aliphatic carboxylic acids is 2. The van der Waals surface area contributed by atoms with Gasteiger partial charge in [-0.25, -0.2) is 0 Å². The summed E-state index contributed by atoms with van der Waals surface area (Å²) in [5.41, 5.74) is 0.353. The number of carbonyl (C=O) groups is 2. The van der Waals surface area contributed by atoms with Gasteiger partial charge in [0.15, 0.2) is 0 Å². The third-order valence-corrected chi connectivity index (χ3v) is 2.38. The van der Waals surface area contributed by atoms with Gasteiger partial charge in [-0.15, -0.1) is 0 Å². The summed E-state index contributed by atoms with van der Waals surface area (Å²) in [6.45, 7) is -0.897. The second-order valence-electron chi connectivity index (χ2n) is 3.68. The molecular weight excluding hydrogens is 254 g/mol. The Morgan fingerprint density at radius 1 is 1.11 bits per heavy atom. The number of carboxylic acids is 2. The second-order valence-corrected chi connectivity index (χ2v) is 3.68. The minimum absolute atomic E-state index is 0.353. The van der Waals surface area contributed by atoms with E-state index in [9.17, 15) is 9.59 Å². The molecule has 0 spiro atoms. The number of benzene rings is 1. The van der Waals surface area contributed by atoms with Crippen LogP contribution in [0, 0.1) is 0 Å². The molecular formula is C12H15NO6. The molecule has 0 aliphatic rings. The molecule has 0 radical (unpaired) electrons. The predicted octanol–water partition coefficient (Wildman–Crippen LogP) is 0.679. The molecule has 0 aliphatic carbocycles. The molecule has 7 nitrogen and oxygen atoms in total. The average molecular weight is 269 g/mol. The lowest BCUT2D eigenvalue weighted by atomic mass is 10.2. The maximum atomic E-state index is 10.8. The maximum absolute atomic E-state index is 10.8. The molecule has 104 valence electrons. The van der Waals surface area contributed by atoms with Crippen LogP contribution in [0.5, 0.6) is 11.5 Å². The molecule has 0 bridgehead atoms. The molecule has 0 saturated heterocycles. The van der Waals surface area contributed by atoms with Crippen molar-refractivity contribution >= 4 is 17.6 Å². The number of ether oxygens (including phenoxy) is 2. The van der Waals surface area contributed by atoms with E-state index in [1.54, 1.807) is 12.1 Å². The van der Waals surface area contributed by atoms with Crippen LogP contribution in [0.1, 0.15) is 0 Å². The minimum Gasteiger partial charge on any atom is -0.497 e. The fourth-order valence-electron chi connectivity index (χ4n) is 1.60. The molecule has 0 amide bonds. The Morgan fingerprint density at radius 3 is 2.11 bits per heavy atom. The van der Waals surface area contributed by atoms with Crippen molar-refractivity contribution in [1.82, 2.24) is 0 Å². The maximum Gasteiger partial charge on any atom is 0.323 e. The molecule has 0 atom stereocenters. The van der Waals surface area contributed by atoms with Gasteiger partial charge in [0.05, 0.1) is 19.9 Å². The van der Waals surface area contributed by atoms with Crippen LogP contribution in [0.25, 0.3) is 0 Å². The van der Waals surface area contributed by atoms with Gasteiger partial charge in [-0.2, -0.15) is 0 Å². The highest BCUT2D eigenvalue weighted by Gasteiger charge is 2.18. The van der Waals surface area contributed by atoms with Gasteiger partial charge in [-0.05, 0) is 12.1 Å². The zero-order valence-electron chi connectivity index (χ0n) is 10.6. The van der Waals surface area contributed by atoms with Crippen LogP contribution < -0.4 is 14.4 Å². The monoisotopic (exact) mass is 269 g/mol. The molecule has 0 aliphatic heterocycles. The predicted molar refractivity (Wildman–Crippen MR) is 67.0 cm³/mol. The van der Waals surface area contributed by atoms with Crippen molar-refractivity contribution in [3.63, 3.8) is 0 Å². The third kappa shape index (κ3) is 4.06. The zero-order chi connectivity index (χ0) is 14.4. The highest BCUT2D eigenvalue weighted by molar-refractivity contribution is 5.81. The quantitative estimate of drug-likeness (QED) is 0.751. The molecule has 19 heavy (non-hydrogen) atoms. The molecule has 1 aromatic carbocycles. The Kier molecular flexibility index (Phi) is 4.99. The van der Waals surface area contributed by atoms with E-state index in [1.807, 2.05) is 0 Å². The molecule has 0 saturated carbocycles. The van der Waals surface area contributed by atoms with Gasteiger partial charge in [-0.1, -0.05) is 0 Å². The van der Waals surface area contributed by atoms with E-state index in [0.29, 0.717) is 17.2 Å². The molecule has 0 unspecified atom stereocenters. The van der Waals surface area contributed by atoms with E-state index in [2.05, 4.69) is 0 Å². The first-order valence-corrected chi connectivity index (χ1v) is 5.38. The molecule has 0 heterocycles. The van der Waals surface area contributed by atoms with Gasteiger partial charge < -0.3 is 24.6 Å². The van der Waals surface area contributed by atoms with Crippen LogP contribution in [-0.2, 0) is 9.59 Å². The number of hydrogen-bond donors (Lipinski definition) is 2.